The predicted octanol–water partition coefficient (Wildman–Crippen LogP) is 1.22. The van der Waals surface area contributed by atoms with Crippen molar-refractivity contribution in [2.45, 2.75) is 13.0 Å². The molecular weight excluding hydrogens is 192 g/mol. The molecule has 0 aliphatic heterocycles. The molecule has 1 rings (SSSR count). The number of nitrogens with zero attached hydrogens (tertiary/aromatic N) is 1. The number of rotatable bonds is 7. The summed E-state index contributed by atoms with van der Waals surface area (Å²) in [5, 5.41) is 3.07. The second-order valence-electron chi connectivity index (χ2n) is 3.23. The zero-order valence-electron chi connectivity index (χ0n) is 9.32. The monoisotopic (exact) mass is 210 g/mol. The van der Waals surface area contributed by atoms with Crippen LogP contribution in [0.25, 0.3) is 0 Å². The van der Waals surface area contributed by atoms with Crippen LogP contribution in [0.15, 0.2) is 18.3 Å². The van der Waals surface area contributed by atoms with Gasteiger partial charge in [-0.15, -0.1) is 0 Å². The van der Waals surface area contributed by atoms with E-state index in [9.17, 15) is 0 Å². The maximum Gasteiger partial charge on any atom is 0.213 e. The van der Waals surface area contributed by atoms with Crippen molar-refractivity contribution < 1.29 is 9.47 Å². The van der Waals surface area contributed by atoms with E-state index in [1.807, 2.05) is 25.4 Å². The van der Waals surface area contributed by atoms with Gasteiger partial charge in [0, 0.05) is 38.9 Å². The van der Waals surface area contributed by atoms with Gasteiger partial charge in [0.15, 0.2) is 0 Å². The Hall–Kier alpha value is -1.13. The van der Waals surface area contributed by atoms with E-state index in [2.05, 4.69) is 10.3 Å². The van der Waals surface area contributed by atoms with Gasteiger partial charge >= 0.3 is 0 Å². The number of nitrogens with one attached hydrogen (secondary N) is 1. The fourth-order valence-corrected chi connectivity index (χ4v) is 1.18. The van der Waals surface area contributed by atoms with E-state index in [0.717, 1.165) is 25.1 Å². The zero-order valence-corrected chi connectivity index (χ0v) is 9.32. The minimum absolute atomic E-state index is 0.645. The van der Waals surface area contributed by atoms with Crippen molar-refractivity contribution in [1.29, 1.82) is 0 Å². The average molecular weight is 210 g/mol. The molecule has 0 aliphatic rings. The highest BCUT2D eigenvalue weighted by Gasteiger charge is 1.96. The Kier molecular flexibility index (Phi) is 5.73. The molecule has 0 saturated carbocycles. The largest absolute Gasteiger partial charge is 0.478 e. The lowest BCUT2D eigenvalue weighted by atomic mass is 10.3. The van der Waals surface area contributed by atoms with Crippen molar-refractivity contribution in [1.82, 2.24) is 10.3 Å². The molecule has 0 radical (unpaired) electrons. The molecule has 1 aromatic heterocycles. The molecule has 1 heterocycles. The van der Waals surface area contributed by atoms with Crippen molar-refractivity contribution in [2.75, 3.05) is 27.4 Å². The van der Waals surface area contributed by atoms with Crippen LogP contribution < -0.4 is 10.1 Å². The molecule has 4 nitrogen and oxygen atoms in total. The number of aromatic nitrogens is 1. The molecular formula is C11H18N2O2. The number of pyridine rings is 1. The molecule has 0 saturated heterocycles. The summed E-state index contributed by atoms with van der Waals surface area (Å²) >= 11 is 0. The molecule has 4 heteroatoms. The molecule has 0 fully saturated rings. The summed E-state index contributed by atoms with van der Waals surface area (Å²) < 4.78 is 10.4. The van der Waals surface area contributed by atoms with Gasteiger partial charge in [0.05, 0.1) is 6.61 Å². The van der Waals surface area contributed by atoms with Gasteiger partial charge < -0.3 is 14.8 Å². The Balaban J connectivity index is 2.29. The van der Waals surface area contributed by atoms with Crippen LogP contribution in [-0.2, 0) is 11.3 Å². The van der Waals surface area contributed by atoms with Gasteiger partial charge in [-0.25, -0.2) is 4.98 Å². The molecule has 0 aliphatic carbocycles. The van der Waals surface area contributed by atoms with Crippen LogP contribution in [-0.4, -0.2) is 32.4 Å². The predicted molar refractivity (Wildman–Crippen MR) is 59.0 cm³/mol. The molecule has 15 heavy (non-hydrogen) atoms. The molecule has 0 atom stereocenters. The van der Waals surface area contributed by atoms with E-state index >= 15 is 0 Å². The summed E-state index contributed by atoms with van der Waals surface area (Å²) in [5.74, 6) is 0.672. The SMILES string of the molecule is CNCc1ccc(OCCCOC)nc1. The number of ether oxygens (including phenoxy) is 2. The molecule has 0 unspecified atom stereocenters. The zero-order chi connectivity index (χ0) is 10.9. The number of methoxy groups -OCH3 is 1. The first-order valence-corrected chi connectivity index (χ1v) is 5.08. The maximum atomic E-state index is 5.43. The minimum Gasteiger partial charge on any atom is -0.478 e. The summed E-state index contributed by atoms with van der Waals surface area (Å²) in [5.41, 5.74) is 1.15. The van der Waals surface area contributed by atoms with E-state index in [1.54, 1.807) is 7.11 Å². The number of hydrogen-bond acceptors (Lipinski definition) is 4. The van der Waals surface area contributed by atoms with Gasteiger partial charge in [-0.05, 0) is 12.6 Å². The van der Waals surface area contributed by atoms with Crippen LogP contribution in [0.3, 0.4) is 0 Å². The standard InChI is InChI=1S/C11H18N2O2/c1-12-8-10-4-5-11(13-9-10)15-7-3-6-14-2/h4-5,9,12H,3,6-8H2,1-2H3. The fraction of sp³-hybridized carbons (Fsp3) is 0.545. The summed E-state index contributed by atoms with van der Waals surface area (Å²) in [4.78, 5) is 4.19. The van der Waals surface area contributed by atoms with Crippen molar-refractivity contribution >= 4 is 0 Å². The van der Waals surface area contributed by atoms with E-state index < -0.39 is 0 Å². The third-order valence-electron chi connectivity index (χ3n) is 1.92. The smallest absolute Gasteiger partial charge is 0.213 e. The van der Waals surface area contributed by atoms with Crippen molar-refractivity contribution in [3.8, 4) is 5.88 Å². The second kappa shape index (κ2) is 7.20. The molecule has 1 aromatic rings. The second-order valence-corrected chi connectivity index (χ2v) is 3.23. The molecule has 0 bridgehead atoms. The Morgan fingerprint density at radius 2 is 2.20 bits per heavy atom. The molecule has 0 amide bonds. The number of hydrogen-bond donors (Lipinski definition) is 1. The average Bonchev–Trinajstić information content (AvgIpc) is 2.27. The van der Waals surface area contributed by atoms with Gasteiger partial charge in [-0.2, -0.15) is 0 Å². The Morgan fingerprint density at radius 1 is 1.33 bits per heavy atom. The quantitative estimate of drug-likeness (QED) is 0.687. The van der Waals surface area contributed by atoms with Crippen molar-refractivity contribution in [3.05, 3.63) is 23.9 Å². The van der Waals surface area contributed by atoms with Crippen LogP contribution in [0.4, 0.5) is 0 Å². The Morgan fingerprint density at radius 3 is 2.80 bits per heavy atom. The first kappa shape index (κ1) is 11.9. The fourth-order valence-electron chi connectivity index (χ4n) is 1.18. The Labute approximate surface area is 90.6 Å². The van der Waals surface area contributed by atoms with Crippen LogP contribution >= 0.6 is 0 Å². The highest BCUT2D eigenvalue weighted by Crippen LogP contribution is 2.07. The van der Waals surface area contributed by atoms with Gasteiger partial charge in [-0.3, -0.25) is 0 Å². The molecule has 0 aromatic carbocycles. The Bertz CT molecular complexity index is 262. The first-order valence-electron chi connectivity index (χ1n) is 5.08. The van der Waals surface area contributed by atoms with E-state index in [0.29, 0.717) is 12.5 Å². The summed E-state index contributed by atoms with van der Waals surface area (Å²) in [6.45, 7) is 2.20. The van der Waals surface area contributed by atoms with E-state index in [1.165, 1.54) is 0 Å². The van der Waals surface area contributed by atoms with Crippen LogP contribution in [0.1, 0.15) is 12.0 Å². The normalized spacial score (nSPS) is 10.3. The van der Waals surface area contributed by atoms with Crippen LogP contribution in [0.2, 0.25) is 0 Å². The van der Waals surface area contributed by atoms with Gasteiger partial charge in [0.2, 0.25) is 5.88 Å². The van der Waals surface area contributed by atoms with Gasteiger partial charge in [-0.1, -0.05) is 6.07 Å². The third kappa shape index (κ3) is 4.76. The van der Waals surface area contributed by atoms with E-state index in [-0.39, 0.29) is 0 Å². The van der Waals surface area contributed by atoms with Crippen LogP contribution in [0, 0.1) is 0 Å². The highest BCUT2D eigenvalue weighted by molar-refractivity contribution is 5.17. The van der Waals surface area contributed by atoms with Gasteiger partial charge in [0.1, 0.15) is 0 Å². The lowest BCUT2D eigenvalue weighted by Crippen LogP contribution is -2.06. The van der Waals surface area contributed by atoms with Crippen LogP contribution in [0.5, 0.6) is 5.88 Å². The lowest BCUT2D eigenvalue weighted by molar-refractivity contribution is 0.170. The highest BCUT2D eigenvalue weighted by atomic mass is 16.5. The summed E-state index contributed by atoms with van der Waals surface area (Å²) in [6, 6.07) is 3.90. The third-order valence-corrected chi connectivity index (χ3v) is 1.92. The maximum absolute atomic E-state index is 5.43. The molecule has 1 N–H and O–H groups in total. The molecule has 84 valence electrons. The summed E-state index contributed by atoms with van der Waals surface area (Å²) in [7, 11) is 3.60. The van der Waals surface area contributed by atoms with E-state index in [4.69, 9.17) is 9.47 Å². The topological polar surface area (TPSA) is 43.4 Å². The lowest BCUT2D eigenvalue weighted by Gasteiger charge is -2.05. The first-order chi connectivity index (χ1) is 7.36. The van der Waals surface area contributed by atoms with Gasteiger partial charge in [0.25, 0.3) is 0 Å². The molecule has 0 spiro atoms. The minimum atomic E-state index is 0.645. The van der Waals surface area contributed by atoms with Crippen molar-refractivity contribution in [3.63, 3.8) is 0 Å². The van der Waals surface area contributed by atoms with Crippen molar-refractivity contribution in [2.24, 2.45) is 0 Å². The summed E-state index contributed by atoms with van der Waals surface area (Å²) in [6.07, 6.45) is 2.71.